The molecule has 0 bridgehead atoms. The zero-order valence-electron chi connectivity index (χ0n) is 11.0. The van der Waals surface area contributed by atoms with Gasteiger partial charge in [0.2, 0.25) is 5.91 Å². The summed E-state index contributed by atoms with van der Waals surface area (Å²) in [5.41, 5.74) is 5.88. The third-order valence-electron chi connectivity index (χ3n) is 3.19. The molecule has 1 aromatic rings. The molecular formula is C13H21N3O2S. The van der Waals surface area contributed by atoms with Crippen LogP contribution in [0.3, 0.4) is 0 Å². The molecule has 19 heavy (non-hydrogen) atoms. The Morgan fingerprint density at radius 2 is 2.32 bits per heavy atom. The van der Waals surface area contributed by atoms with Crippen LogP contribution in [0.15, 0.2) is 17.5 Å². The highest BCUT2D eigenvalue weighted by atomic mass is 32.1. The van der Waals surface area contributed by atoms with Gasteiger partial charge in [0.15, 0.2) is 0 Å². The van der Waals surface area contributed by atoms with Crippen LogP contribution in [0.25, 0.3) is 0 Å². The van der Waals surface area contributed by atoms with Crippen molar-refractivity contribution in [3.63, 3.8) is 0 Å². The highest BCUT2D eigenvalue weighted by Crippen LogP contribution is 2.16. The van der Waals surface area contributed by atoms with Crippen LogP contribution < -0.4 is 11.1 Å². The van der Waals surface area contributed by atoms with Crippen molar-refractivity contribution >= 4 is 17.2 Å². The van der Waals surface area contributed by atoms with E-state index >= 15 is 0 Å². The molecule has 0 saturated carbocycles. The molecule has 5 nitrogen and oxygen atoms in total. The molecule has 1 aromatic heterocycles. The molecule has 0 spiro atoms. The van der Waals surface area contributed by atoms with E-state index < -0.39 is 6.04 Å². The van der Waals surface area contributed by atoms with Gasteiger partial charge < -0.3 is 15.8 Å². The second-order valence-electron chi connectivity index (χ2n) is 4.59. The summed E-state index contributed by atoms with van der Waals surface area (Å²) in [4.78, 5) is 15.1. The Hall–Kier alpha value is -0.950. The Balaban J connectivity index is 1.61. The SMILES string of the molecule is NC(C(=O)NCCCN1CCOCC1)c1cccs1. The summed E-state index contributed by atoms with van der Waals surface area (Å²) in [6.45, 7) is 5.28. The molecular weight excluding hydrogens is 262 g/mol. The minimum Gasteiger partial charge on any atom is -0.379 e. The van der Waals surface area contributed by atoms with E-state index in [9.17, 15) is 4.79 Å². The van der Waals surface area contributed by atoms with Crippen LogP contribution >= 0.6 is 11.3 Å². The number of nitrogens with one attached hydrogen (secondary N) is 1. The van der Waals surface area contributed by atoms with Crippen molar-refractivity contribution in [3.8, 4) is 0 Å². The number of nitrogens with two attached hydrogens (primary N) is 1. The molecule has 2 heterocycles. The van der Waals surface area contributed by atoms with Crippen LogP contribution in [-0.4, -0.2) is 50.2 Å². The first-order valence-electron chi connectivity index (χ1n) is 6.64. The number of rotatable bonds is 6. The Kier molecular flexibility index (Phi) is 5.78. The van der Waals surface area contributed by atoms with Gasteiger partial charge >= 0.3 is 0 Å². The summed E-state index contributed by atoms with van der Waals surface area (Å²) < 4.78 is 5.29. The molecule has 1 saturated heterocycles. The summed E-state index contributed by atoms with van der Waals surface area (Å²) in [6, 6.07) is 3.26. The predicted molar refractivity (Wildman–Crippen MR) is 76.1 cm³/mol. The lowest BCUT2D eigenvalue weighted by molar-refractivity contribution is -0.122. The topological polar surface area (TPSA) is 67.6 Å². The van der Waals surface area contributed by atoms with E-state index in [0.29, 0.717) is 6.54 Å². The fourth-order valence-electron chi connectivity index (χ4n) is 2.05. The summed E-state index contributed by atoms with van der Waals surface area (Å²) in [5.74, 6) is -0.0931. The van der Waals surface area contributed by atoms with E-state index in [2.05, 4.69) is 10.2 Å². The van der Waals surface area contributed by atoms with Crippen molar-refractivity contribution in [1.29, 1.82) is 0 Å². The van der Waals surface area contributed by atoms with Gasteiger partial charge in [-0.15, -0.1) is 11.3 Å². The lowest BCUT2D eigenvalue weighted by atomic mass is 10.2. The first-order valence-corrected chi connectivity index (χ1v) is 7.52. The fraction of sp³-hybridized carbons (Fsp3) is 0.615. The van der Waals surface area contributed by atoms with Gasteiger partial charge in [-0.3, -0.25) is 9.69 Å². The van der Waals surface area contributed by atoms with Crippen LogP contribution in [0, 0.1) is 0 Å². The molecule has 0 aliphatic carbocycles. The van der Waals surface area contributed by atoms with Crippen LogP contribution in [0.4, 0.5) is 0 Å². The van der Waals surface area contributed by atoms with Gasteiger partial charge in [0.05, 0.1) is 13.2 Å². The van der Waals surface area contributed by atoms with Crippen LogP contribution in [0.1, 0.15) is 17.3 Å². The number of carbonyl (C=O) groups is 1. The van der Waals surface area contributed by atoms with E-state index in [1.54, 1.807) is 0 Å². The number of amides is 1. The Morgan fingerprint density at radius 1 is 1.53 bits per heavy atom. The van der Waals surface area contributed by atoms with Crippen molar-refractivity contribution in [2.75, 3.05) is 39.4 Å². The van der Waals surface area contributed by atoms with Crippen LogP contribution in [0.5, 0.6) is 0 Å². The Bertz CT molecular complexity index is 377. The number of carbonyl (C=O) groups excluding carboxylic acids is 1. The molecule has 106 valence electrons. The van der Waals surface area contributed by atoms with E-state index in [1.807, 2.05) is 17.5 Å². The number of ether oxygens (including phenoxy) is 1. The van der Waals surface area contributed by atoms with Crippen LogP contribution in [-0.2, 0) is 9.53 Å². The monoisotopic (exact) mass is 283 g/mol. The third kappa shape index (κ3) is 4.58. The lowest BCUT2D eigenvalue weighted by Gasteiger charge is -2.26. The number of thiophene rings is 1. The van der Waals surface area contributed by atoms with Gasteiger partial charge in [-0.1, -0.05) is 6.07 Å². The third-order valence-corrected chi connectivity index (χ3v) is 4.14. The summed E-state index contributed by atoms with van der Waals surface area (Å²) >= 11 is 1.51. The van der Waals surface area contributed by atoms with E-state index in [0.717, 1.165) is 44.1 Å². The van der Waals surface area contributed by atoms with Crippen molar-refractivity contribution in [3.05, 3.63) is 22.4 Å². The standard InChI is InChI=1S/C13H21N3O2S/c14-12(11-3-1-10-19-11)13(17)15-4-2-5-16-6-8-18-9-7-16/h1,3,10,12H,2,4-9,14H2,(H,15,17). The van der Waals surface area contributed by atoms with E-state index in [1.165, 1.54) is 11.3 Å². The molecule has 0 radical (unpaired) electrons. The molecule has 6 heteroatoms. The van der Waals surface area contributed by atoms with Crippen molar-refractivity contribution in [2.45, 2.75) is 12.5 Å². The number of nitrogens with zero attached hydrogens (tertiary/aromatic N) is 1. The summed E-state index contributed by atoms with van der Waals surface area (Å²) in [5, 5.41) is 4.83. The fourth-order valence-corrected chi connectivity index (χ4v) is 2.77. The average molecular weight is 283 g/mol. The highest BCUT2D eigenvalue weighted by molar-refractivity contribution is 7.10. The molecule has 2 rings (SSSR count). The minimum atomic E-state index is -0.539. The molecule has 1 aliphatic heterocycles. The largest absolute Gasteiger partial charge is 0.379 e. The molecule has 3 N–H and O–H groups in total. The zero-order valence-corrected chi connectivity index (χ0v) is 11.8. The van der Waals surface area contributed by atoms with Gasteiger partial charge in [-0.2, -0.15) is 0 Å². The van der Waals surface area contributed by atoms with Crippen molar-refractivity contribution in [2.24, 2.45) is 5.73 Å². The maximum Gasteiger partial charge on any atom is 0.242 e. The molecule has 1 fully saturated rings. The number of hydrogen-bond donors (Lipinski definition) is 2. The molecule has 0 aromatic carbocycles. The van der Waals surface area contributed by atoms with Gasteiger partial charge in [-0.25, -0.2) is 0 Å². The predicted octanol–water partition coefficient (Wildman–Crippen LogP) is 0.586. The van der Waals surface area contributed by atoms with Gasteiger partial charge in [0, 0.05) is 24.5 Å². The Morgan fingerprint density at radius 3 is 3.00 bits per heavy atom. The summed E-state index contributed by atoms with van der Waals surface area (Å²) in [6.07, 6.45) is 0.947. The molecule has 1 atom stereocenters. The maximum atomic E-state index is 11.8. The zero-order chi connectivity index (χ0) is 13.5. The quantitative estimate of drug-likeness (QED) is 0.750. The number of morpholine rings is 1. The van der Waals surface area contributed by atoms with Crippen LogP contribution in [0.2, 0.25) is 0 Å². The van der Waals surface area contributed by atoms with Gasteiger partial charge in [-0.05, 0) is 24.4 Å². The van der Waals surface area contributed by atoms with Gasteiger partial charge in [0.1, 0.15) is 6.04 Å². The summed E-state index contributed by atoms with van der Waals surface area (Å²) in [7, 11) is 0. The second-order valence-corrected chi connectivity index (χ2v) is 5.57. The lowest BCUT2D eigenvalue weighted by Crippen LogP contribution is -2.39. The molecule has 1 unspecified atom stereocenters. The van der Waals surface area contributed by atoms with Crippen molar-refractivity contribution in [1.82, 2.24) is 10.2 Å². The smallest absolute Gasteiger partial charge is 0.242 e. The van der Waals surface area contributed by atoms with Gasteiger partial charge in [0.25, 0.3) is 0 Å². The second kappa shape index (κ2) is 7.59. The number of hydrogen-bond acceptors (Lipinski definition) is 5. The maximum absolute atomic E-state index is 11.8. The normalized spacial score (nSPS) is 18.2. The molecule has 1 aliphatic rings. The first kappa shape index (κ1) is 14.5. The highest BCUT2D eigenvalue weighted by Gasteiger charge is 2.16. The molecule has 1 amide bonds. The van der Waals surface area contributed by atoms with E-state index in [4.69, 9.17) is 10.5 Å². The van der Waals surface area contributed by atoms with E-state index in [-0.39, 0.29) is 5.91 Å². The minimum absolute atomic E-state index is 0.0931. The first-order chi connectivity index (χ1) is 9.27. The van der Waals surface area contributed by atoms with Crippen molar-refractivity contribution < 1.29 is 9.53 Å². The average Bonchev–Trinajstić information content (AvgIpc) is 2.98. The Labute approximate surface area is 117 Å².